The molecule has 4 rings (SSSR count). The average Bonchev–Trinajstić information content (AvgIpc) is 3.17. The first-order valence-corrected chi connectivity index (χ1v) is 9.80. The van der Waals surface area contributed by atoms with E-state index in [1.165, 1.54) is 0 Å². The number of nitrogens with zero attached hydrogens (tertiary/aromatic N) is 2. The first-order valence-electron chi connectivity index (χ1n) is 9.80. The van der Waals surface area contributed by atoms with Gasteiger partial charge >= 0.3 is 5.97 Å². The summed E-state index contributed by atoms with van der Waals surface area (Å²) in [7, 11) is 0. The van der Waals surface area contributed by atoms with Gasteiger partial charge in [0.1, 0.15) is 5.52 Å². The fourth-order valence-corrected chi connectivity index (χ4v) is 3.58. The van der Waals surface area contributed by atoms with Crippen molar-refractivity contribution in [2.45, 2.75) is 25.7 Å². The Hall–Kier alpha value is -3.35. The second-order valence-corrected chi connectivity index (χ2v) is 7.31. The largest absolute Gasteiger partial charge is 0.481 e. The molecule has 0 atom stereocenters. The van der Waals surface area contributed by atoms with Gasteiger partial charge in [0.05, 0.1) is 0 Å². The Morgan fingerprint density at radius 3 is 2.52 bits per heavy atom. The van der Waals surface area contributed by atoms with Crippen molar-refractivity contribution >= 4 is 34.7 Å². The van der Waals surface area contributed by atoms with Crippen LogP contribution in [0.4, 0.5) is 11.7 Å². The SMILES string of the molecule is O=C(O)CCc1ccc(NC(=O)C2CCN(c3nc4ccccc4o3)CC2)cc1. The van der Waals surface area contributed by atoms with Crippen LogP contribution in [0.3, 0.4) is 0 Å². The lowest BCUT2D eigenvalue weighted by Crippen LogP contribution is -2.38. The van der Waals surface area contributed by atoms with E-state index in [4.69, 9.17) is 9.52 Å². The van der Waals surface area contributed by atoms with Gasteiger partial charge in [0, 0.05) is 31.1 Å². The number of carboxylic acids is 1. The molecule has 1 aliphatic heterocycles. The van der Waals surface area contributed by atoms with Crippen LogP contribution in [0.2, 0.25) is 0 Å². The number of carbonyl (C=O) groups is 2. The van der Waals surface area contributed by atoms with Crippen LogP contribution in [-0.2, 0) is 16.0 Å². The Balaban J connectivity index is 1.30. The van der Waals surface area contributed by atoms with E-state index >= 15 is 0 Å². The number of para-hydroxylation sites is 2. The van der Waals surface area contributed by atoms with E-state index in [2.05, 4.69) is 15.2 Å². The van der Waals surface area contributed by atoms with E-state index in [0.29, 0.717) is 12.4 Å². The first kappa shape index (κ1) is 19.0. The number of fused-ring (bicyclic) bond motifs is 1. The van der Waals surface area contributed by atoms with Crippen LogP contribution >= 0.6 is 0 Å². The van der Waals surface area contributed by atoms with E-state index < -0.39 is 5.97 Å². The number of nitrogens with one attached hydrogen (secondary N) is 1. The summed E-state index contributed by atoms with van der Waals surface area (Å²) in [4.78, 5) is 29.9. The molecular formula is C22H23N3O4. The molecule has 2 heterocycles. The molecule has 150 valence electrons. The van der Waals surface area contributed by atoms with Crippen LogP contribution in [0.1, 0.15) is 24.8 Å². The van der Waals surface area contributed by atoms with Crippen LogP contribution in [0.15, 0.2) is 52.9 Å². The van der Waals surface area contributed by atoms with Gasteiger partial charge in [0.15, 0.2) is 5.58 Å². The van der Waals surface area contributed by atoms with Gasteiger partial charge in [-0.15, -0.1) is 0 Å². The molecule has 7 heteroatoms. The van der Waals surface area contributed by atoms with E-state index in [1.807, 2.05) is 48.5 Å². The first-order chi connectivity index (χ1) is 14.1. The maximum atomic E-state index is 12.6. The summed E-state index contributed by atoms with van der Waals surface area (Å²) in [6.45, 7) is 1.44. The van der Waals surface area contributed by atoms with Crippen molar-refractivity contribution in [1.29, 1.82) is 0 Å². The summed E-state index contributed by atoms with van der Waals surface area (Å²) in [6.07, 6.45) is 2.06. The summed E-state index contributed by atoms with van der Waals surface area (Å²) in [5.74, 6) is -0.852. The van der Waals surface area contributed by atoms with E-state index in [-0.39, 0.29) is 18.2 Å². The number of aliphatic carboxylic acids is 1. The number of hydrogen-bond donors (Lipinski definition) is 2. The average molecular weight is 393 g/mol. The maximum absolute atomic E-state index is 12.6. The number of aromatic nitrogens is 1. The summed E-state index contributed by atoms with van der Waals surface area (Å²) in [5.41, 5.74) is 3.29. The summed E-state index contributed by atoms with van der Waals surface area (Å²) in [6, 6.07) is 15.7. The molecule has 7 nitrogen and oxygen atoms in total. The number of hydrogen-bond acceptors (Lipinski definition) is 5. The molecule has 1 amide bonds. The minimum atomic E-state index is -0.813. The zero-order valence-electron chi connectivity index (χ0n) is 16.0. The number of rotatable bonds is 6. The van der Waals surface area contributed by atoms with E-state index in [0.717, 1.165) is 48.3 Å². The predicted molar refractivity (Wildman–Crippen MR) is 110 cm³/mol. The highest BCUT2D eigenvalue weighted by molar-refractivity contribution is 5.92. The minimum absolute atomic E-state index is 0.0144. The van der Waals surface area contributed by atoms with Gasteiger partial charge in [-0.2, -0.15) is 4.98 Å². The topological polar surface area (TPSA) is 95.7 Å². The van der Waals surface area contributed by atoms with Gasteiger partial charge in [-0.05, 0) is 49.1 Å². The summed E-state index contributed by atoms with van der Waals surface area (Å²) in [5, 5.41) is 11.7. The molecule has 1 aromatic heterocycles. The fourth-order valence-electron chi connectivity index (χ4n) is 3.58. The number of amides is 1. The van der Waals surface area contributed by atoms with E-state index in [1.54, 1.807) is 0 Å². The van der Waals surface area contributed by atoms with Gasteiger partial charge < -0.3 is 19.7 Å². The Kier molecular flexibility index (Phi) is 5.46. The van der Waals surface area contributed by atoms with Crippen LogP contribution < -0.4 is 10.2 Å². The molecule has 1 saturated heterocycles. The number of carboxylic acid groups (broad SMARTS) is 1. The molecule has 2 aromatic carbocycles. The smallest absolute Gasteiger partial charge is 0.303 e. The second-order valence-electron chi connectivity index (χ2n) is 7.31. The molecule has 0 spiro atoms. The Bertz CT molecular complexity index is 971. The fraction of sp³-hybridized carbons (Fsp3) is 0.318. The Morgan fingerprint density at radius 1 is 1.10 bits per heavy atom. The Labute approximate surface area is 168 Å². The third-order valence-electron chi connectivity index (χ3n) is 5.27. The predicted octanol–water partition coefficient (Wildman–Crippen LogP) is 3.70. The minimum Gasteiger partial charge on any atom is -0.481 e. The molecule has 2 N–H and O–H groups in total. The van der Waals surface area contributed by atoms with Crippen molar-refractivity contribution in [3.63, 3.8) is 0 Å². The number of piperidine rings is 1. The van der Waals surface area contributed by atoms with Crippen molar-refractivity contribution < 1.29 is 19.1 Å². The van der Waals surface area contributed by atoms with Gasteiger partial charge in [0.25, 0.3) is 6.01 Å². The van der Waals surface area contributed by atoms with Gasteiger partial charge in [-0.1, -0.05) is 24.3 Å². The standard InChI is InChI=1S/C22H23N3O4/c26-20(27)10-7-15-5-8-17(9-6-15)23-21(28)16-11-13-25(14-12-16)22-24-18-3-1-2-4-19(18)29-22/h1-6,8-9,16H,7,10-14H2,(H,23,28)(H,26,27). The number of aryl methyl sites for hydroxylation is 1. The van der Waals surface area contributed by atoms with Crippen molar-refractivity contribution in [3.8, 4) is 0 Å². The molecule has 3 aromatic rings. The molecule has 1 aliphatic rings. The normalized spacial score (nSPS) is 14.8. The molecule has 0 radical (unpaired) electrons. The molecule has 0 unspecified atom stereocenters. The molecule has 0 saturated carbocycles. The van der Waals surface area contributed by atoms with Crippen LogP contribution in [0.5, 0.6) is 0 Å². The third kappa shape index (κ3) is 4.56. The third-order valence-corrected chi connectivity index (χ3v) is 5.27. The van der Waals surface area contributed by atoms with Crippen molar-refractivity contribution in [3.05, 3.63) is 54.1 Å². The monoisotopic (exact) mass is 393 g/mol. The molecule has 1 fully saturated rings. The summed E-state index contributed by atoms with van der Waals surface area (Å²) < 4.78 is 5.82. The van der Waals surface area contributed by atoms with Gasteiger partial charge in [-0.25, -0.2) is 0 Å². The lowest BCUT2D eigenvalue weighted by molar-refractivity contribution is -0.137. The van der Waals surface area contributed by atoms with Crippen molar-refractivity contribution in [2.24, 2.45) is 5.92 Å². The van der Waals surface area contributed by atoms with Crippen LogP contribution in [0, 0.1) is 5.92 Å². The molecule has 0 bridgehead atoms. The van der Waals surface area contributed by atoms with Crippen LogP contribution in [0.25, 0.3) is 11.1 Å². The number of anilines is 2. The van der Waals surface area contributed by atoms with Crippen molar-refractivity contribution in [2.75, 3.05) is 23.3 Å². The molecular weight excluding hydrogens is 370 g/mol. The van der Waals surface area contributed by atoms with E-state index in [9.17, 15) is 9.59 Å². The highest BCUT2D eigenvalue weighted by Crippen LogP contribution is 2.27. The quantitative estimate of drug-likeness (QED) is 0.663. The van der Waals surface area contributed by atoms with Crippen LogP contribution in [-0.4, -0.2) is 35.1 Å². The molecule has 29 heavy (non-hydrogen) atoms. The highest BCUT2D eigenvalue weighted by Gasteiger charge is 2.27. The lowest BCUT2D eigenvalue weighted by atomic mass is 9.96. The highest BCUT2D eigenvalue weighted by atomic mass is 16.4. The Morgan fingerprint density at radius 2 is 1.83 bits per heavy atom. The van der Waals surface area contributed by atoms with Crippen molar-refractivity contribution in [1.82, 2.24) is 4.98 Å². The zero-order valence-corrected chi connectivity index (χ0v) is 16.0. The zero-order chi connectivity index (χ0) is 20.2. The molecule has 0 aliphatic carbocycles. The number of benzene rings is 2. The van der Waals surface area contributed by atoms with Gasteiger partial charge in [0.2, 0.25) is 5.91 Å². The number of oxazole rings is 1. The lowest BCUT2D eigenvalue weighted by Gasteiger charge is -2.30. The maximum Gasteiger partial charge on any atom is 0.303 e. The van der Waals surface area contributed by atoms with Gasteiger partial charge in [-0.3, -0.25) is 9.59 Å². The second kappa shape index (κ2) is 8.34. The summed E-state index contributed by atoms with van der Waals surface area (Å²) >= 11 is 0. The number of carbonyl (C=O) groups excluding carboxylic acids is 1.